The van der Waals surface area contributed by atoms with E-state index in [-0.39, 0.29) is 5.69 Å². The fourth-order valence-electron chi connectivity index (χ4n) is 1.03. The van der Waals surface area contributed by atoms with Gasteiger partial charge in [0.2, 0.25) is 0 Å². The van der Waals surface area contributed by atoms with Crippen molar-refractivity contribution in [1.29, 1.82) is 0 Å². The molecule has 14 heavy (non-hydrogen) atoms. The lowest BCUT2D eigenvalue weighted by Crippen LogP contribution is -2.31. The first kappa shape index (κ1) is 10.5. The summed E-state index contributed by atoms with van der Waals surface area (Å²) < 4.78 is 23.9. The minimum atomic E-state index is -2.53. The summed E-state index contributed by atoms with van der Waals surface area (Å²) in [5.41, 5.74) is 5.98. The van der Waals surface area contributed by atoms with E-state index >= 15 is 0 Å². The van der Waals surface area contributed by atoms with Crippen molar-refractivity contribution in [3.8, 4) is 0 Å². The van der Waals surface area contributed by atoms with Crippen LogP contribution in [0.3, 0.4) is 0 Å². The first-order chi connectivity index (χ1) is 6.50. The molecule has 0 bridgehead atoms. The van der Waals surface area contributed by atoms with Crippen LogP contribution in [-0.4, -0.2) is 35.8 Å². The Bertz CT molecular complexity index is 324. The van der Waals surface area contributed by atoms with Crippen molar-refractivity contribution in [1.82, 2.24) is 9.88 Å². The Kier molecular flexibility index (Phi) is 3.06. The van der Waals surface area contributed by atoms with Gasteiger partial charge in [-0.15, -0.1) is 0 Å². The molecule has 3 N–H and O–H groups in total. The lowest BCUT2D eigenvalue weighted by molar-refractivity contribution is 0.0616. The van der Waals surface area contributed by atoms with E-state index in [1.807, 2.05) is 0 Å². The van der Waals surface area contributed by atoms with E-state index in [4.69, 9.17) is 5.73 Å². The number of amides is 1. The van der Waals surface area contributed by atoms with Gasteiger partial charge in [-0.3, -0.25) is 4.79 Å². The number of alkyl halides is 2. The zero-order valence-corrected chi connectivity index (χ0v) is 7.63. The van der Waals surface area contributed by atoms with Gasteiger partial charge >= 0.3 is 0 Å². The van der Waals surface area contributed by atoms with Gasteiger partial charge in [-0.1, -0.05) is 0 Å². The Hall–Kier alpha value is -1.59. The van der Waals surface area contributed by atoms with Crippen LogP contribution in [0.1, 0.15) is 10.5 Å². The summed E-state index contributed by atoms with van der Waals surface area (Å²) in [6, 6.07) is 1.41. The maximum atomic E-state index is 11.9. The number of nitrogen functional groups attached to an aromatic ring is 1. The lowest BCUT2D eigenvalue weighted by Gasteiger charge is -2.15. The minimum absolute atomic E-state index is 0.214. The van der Waals surface area contributed by atoms with Crippen LogP contribution in [0, 0.1) is 0 Å². The number of rotatable bonds is 3. The van der Waals surface area contributed by atoms with Gasteiger partial charge in [0.1, 0.15) is 5.69 Å². The molecule has 1 aromatic rings. The number of aromatic nitrogens is 1. The molecular formula is C8H11F2N3O. The largest absolute Gasteiger partial charge is 0.397 e. The number of carbonyl (C=O) groups excluding carboxylic acids is 1. The molecule has 0 saturated heterocycles. The molecule has 1 aromatic heterocycles. The van der Waals surface area contributed by atoms with Crippen molar-refractivity contribution in [3.63, 3.8) is 0 Å². The van der Waals surface area contributed by atoms with Gasteiger partial charge < -0.3 is 15.6 Å². The zero-order valence-electron chi connectivity index (χ0n) is 7.63. The van der Waals surface area contributed by atoms with E-state index in [1.165, 1.54) is 19.3 Å². The number of nitrogens with one attached hydrogen (secondary N) is 1. The second kappa shape index (κ2) is 4.08. The highest BCUT2D eigenvalue weighted by Crippen LogP contribution is 2.08. The number of anilines is 1. The second-order valence-corrected chi connectivity index (χ2v) is 2.92. The van der Waals surface area contributed by atoms with Crippen molar-refractivity contribution < 1.29 is 13.6 Å². The molecule has 0 unspecified atom stereocenters. The van der Waals surface area contributed by atoms with Crippen LogP contribution < -0.4 is 5.73 Å². The Morgan fingerprint density at radius 3 is 2.79 bits per heavy atom. The van der Waals surface area contributed by atoms with Crippen molar-refractivity contribution >= 4 is 11.6 Å². The van der Waals surface area contributed by atoms with Crippen LogP contribution in [0.15, 0.2) is 12.3 Å². The first-order valence-electron chi connectivity index (χ1n) is 3.98. The molecule has 0 saturated carbocycles. The van der Waals surface area contributed by atoms with Crippen LogP contribution >= 0.6 is 0 Å². The molecule has 0 aliphatic rings. The summed E-state index contributed by atoms with van der Waals surface area (Å²) in [5, 5.41) is 0. The molecule has 1 heterocycles. The highest BCUT2D eigenvalue weighted by Gasteiger charge is 2.16. The van der Waals surface area contributed by atoms with E-state index in [1.54, 1.807) is 0 Å². The highest BCUT2D eigenvalue weighted by molar-refractivity contribution is 5.93. The molecule has 78 valence electrons. The van der Waals surface area contributed by atoms with Gasteiger partial charge in [-0.2, -0.15) is 0 Å². The average Bonchev–Trinajstić information content (AvgIpc) is 2.49. The van der Waals surface area contributed by atoms with Gasteiger partial charge in [-0.05, 0) is 6.07 Å². The summed E-state index contributed by atoms with van der Waals surface area (Å²) in [6.07, 6.45) is -1.10. The van der Waals surface area contributed by atoms with Crippen LogP contribution in [0.5, 0.6) is 0 Å². The molecule has 0 aliphatic heterocycles. The Labute approximate surface area is 79.7 Å². The van der Waals surface area contributed by atoms with Gasteiger partial charge in [0.25, 0.3) is 12.3 Å². The van der Waals surface area contributed by atoms with Gasteiger partial charge in [0.05, 0.1) is 6.54 Å². The Balaban J connectivity index is 2.65. The summed E-state index contributed by atoms with van der Waals surface area (Å²) in [6.45, 7) is -0.586. The number of hydrogen-bond acceptors (Lipinski definition) is 2. The first-order valence-corrected chi connectivity index (χ1v) is 3.98. The predicted octanol–water partition coefficient (Wildman–Crippen LogP) is 0.934. The highest BCUT2D eigenvalue weighted by atomic mass is 19.3. The molecule has 4 nitrogen and oxygen atoms in total. The fourth-order valence-corrected chi connectivity index (χ4v) is 1.03. The third-order valence-electron chi connectivity index (χ3n) is 1.69. The average molecular weight is 203 g/mol. The molecule has 1 rings (SSSR count). The molecule has 0 spiro atoms. The maximum absolute atomic E-state index is 11.9. The van der Waals surface area contributed by atoms with Crippen LogP contribution in [-0.2, 0) is 0 Å². The molecule has 0 atom stereocenters. The van der Waals surface area contributed by atoms with Crippen molar-refractivity contribution in [2.75, 3.05) is 19.3 Å². The summed E-state index contributed by atoms with van der Waals surface area (Å²) in [5.74, 6) is -0.498. The molecule has 1 amide bonds. The molecule has 0 fully saturated rings. The van der Waals surface area contributed by atoms with Crippen molar-refractivity contribution in [2.45, 2.75) is 6.43 Å². The molecule has 0 radical (unpaired) electrons. The third-order valence-corrected chi connectivity index (χ3v) is 1.69. The topological polar surface area (TPSA) is 62.1 Å². The predicted molar refractivity (Wildman–Crippen MR) is 48.2 cm³/mol. The molecular weight excluding hydrogens is 192 g/mol. The van der Waals surface area contributed by atoms with Gasteiger partial charge in [0, 0.05) is 18.9 Å². The number of H-pyrrole nitrogens is 1. The number of nitrogens with two attached hydrogens (primary N) is 1. The summed E-state index contributed by atoms with van der Waals surface area (Å²) in [4.78, 5) is 14.9. The number of aromatic amines is 1. The van der Waals surface area contributed by atoms with E-state index < -0.39 is 18.9 Å². The summed E-state index contributed by atoms with van der Waals surface area (Å²) in [7, 11) is 1.31. The van der Waals surface area contributed by atoms with E-state index in [9.17, 15) is 13.6 Å². The Morgan fingerprint density at radius 1 is 1.71 bits per heavy atom. The minimum Gasteiger partial charge on any atom is -0.397 e. The normalized spacial score (nSPS) is 10.6. The molecule has 6 heteroatoms. The summed E-state index contributed by atoms with van der Waals surface area (Å²) >= 11 is 0. The fraction of sp³-hybridized carbons (Fsp3) is 0.375. The number of carbonyl (C=O) groups is 1. The second-order valence-electron chi connectivity index (χ2n) is 2.92. The number of nitrogens with zero attached hydrogens (tertiary/aromatic N) is 1. The van der Waals surface area contributed by atoms with E-state index in [0.717, 1.165) is 4.90 Å². The standard InChI is InChI=1S/C8H11F2N3O/c1-13(4-7(9)10)8(14)6-2-5(11)3-12-6/h2-3,7,12H,4,11H2,1H3. The van der Waals surface area contributed by atoms with Crippen molar-refractivity contribution in [3.05, 3.63) is 18.0 Å². The third kappa shape index (κ3) is 2.45. The van der Waals surface area contributed by atoms with Gasteiger partial charge in [0.15, 0.2) is 0 Å². The number of hydrogen-bond donors (Lipinski definition) is 2. The van der Waals surface area contributed by atoms with Crippen LogP contribution in [0.25, 0.3) is 0 Å². The van der Waals surface area contributed by atoms with Crippen LogP contribution in [0.4, 0.5) is 14.5 Å². The quantitative estimate of drug-likeness (QED) is 0.767. The zero-order chi connectivity index (χ0) is 10.7. The Morgan fingerprint density at radius 2 is 2.36 bits per heavy atom. The smallest absolute Gasteiger partial charge is 0.270 e. The monoisotopic (exact) mass is 203 g/mol. The molecule has 0 aliphatic carbocycles. The molecule has 0 aromatic carbocycles. The van der Waals surface area contributed by atoms with Crippen molar-refractivity contribution in [2.24, 2.45) is 0 Å². The van der Waals surface area contributed by atoms with Crippen LogP contribution in [0.2, 0.25) is 0 Å². The van der Waals surface area contributed by atoms with E-state index in [0.29, 0.717) is 5.69 Å². The lowest BCUT2D eigenvalue weighted by atomic mass is 10.3. The van der Waals surface area contributed by atoms with E-state index in [2.05, 4.69) is 4.98 Å². The van der Waals surface area contributed by atoms with Gasteiger partial charge in [-0.25, -0.2) is 8.78 Å². The SMILES string of the molecule is CN(CC(F)F)C(=O)c1cc(N)c[nH]1. The number of halogens is 2. The maximum Gasteiger partial charge on any atom is 0.270 e.